The molecule has 4 unspecified atom stereocenters. The lowest BCUT2D eigenvalue weighted by Gasteiger charge is -2.27. The molecule has 0 rings (SSSR count). The van der Waals surface area contributed by atoms with Gasteiger partial charge in [-0.2, -0.15) is 0 Å². The van der Waals surface area contributed by atoms with E-state index in [9.17, 15) is 25.2 Å². The highest BCUT2D eigenvalue weighted by molar-refractivity contribution is 5.80. The third kappa shape index (κ3) is 36.4. The second kappa shape index (κ2) is 42.9. The molecule has 0 radical (unpaired) electrons. The summed E-state index contributed by atoms with van der Waals surface area (Å²) in [7, 11) is 0. The summed E-state index contributed by atoms with van der Waals surface area (Å²) in [5.41, 5.74) is 0. The third-order valence-electron chi connectivity index (χ3n) is 11.2. The molecule has 0 bridgehead atoms. The molecule has 0 aliphatic carbocycles. The lowest BCUT2D eigenvalue weighted by atomic mass is 9.99. The maximum atomic E-state index is 12.5. The summed E-state index contributed by atoms with van der Waals surface area (Å²) in [6.07, 6.45) is 49.4. The molecule has 0 aromatic carbocycles. The standard InChI is InChI=1S/C48H93NO5/c1-3-5-7-9-11-13-15-16-17-18-19-20-21-22-23-24-25-26-27-28-29-30-31-32-34-36-38-40-42-46(52)48(54)49-44(43-50)47(53)45(51)41-39-37-35-33-14-12-10-8-6-4-2/h19-20,22-23,44-47,50-53H,3-18,21,24-43H2,1-2H3,(H,49,54)/b20-19-,23-22-. The van der Waals surface area contributed by atoms with Gasteiger partial charge in [0.25, 0.3) is 0 Å². The van der Waals surface area contributed by atoms with Crippen molar-refractivity contribution < 1.29 is 25.2 Å². The van der Waals surface area contributed by atoms with Crippen LogP contribution in [0.4, 0.5) is 0 Å². The maximum Gasteiger partial charge on any atom is 0.249 e. The maximum absolute atomic E-state index is 12.5. The Bertz CT molecular complexity index is 817. The number of hydrogen-bond donors (Lipinski definition) is 5. The molecule has 0 spiro atoms. The third-order valence-corrected chi connectivity index (χ3v) is 11.2. The van der Waals surface area contributed by atoms with Crippen LogP contribution in [0, 0.1) is 0 Å². The number of nitrogens with one attached hydrogen (secondary N) is 1. The Kier molecular flexibility index (Phi) is 42.0. The van der Waals surface area contributed by atoms with Gasteiger partial charge in [-0.05, 0) is 44.9 Å². The van der Waals surface area contributed by atoms with Gasteiger partial charge in [0.15, 0.2) is 0 Å². The highest BCUT2D eigenvalue weighted by atomic mass is 16.3. The van der Waals surface area contributed by atoms with Crippen LogP contribution in [0.25, 0.3) is 0 Å². The van der Waals surface area contributed by atoms with E-state index in [0.29, 0.717) is 12.8 Å². The molecular formula is C48H93NO5. The monoisotopic (exact) mass is 764 g/mol. The van der Waals surface area contributed by atoms with Crippen molar-refractivity contribution in [3.8, 4) is 0 Å². The van der Waals surface area contributed by atoms with E-state index in [4.69, 9.17) is 0 Å². The summed E-state index contributed by atoms with van der Waals surface area (Å²) in [5, 5.41) is 43.6. The Labute approximate surface area is 335 Å². The largest absolute Gasteiger partial charge is 0.394 e. The Hall–Kier alpha value is -1.21. The van der Waals surface area contributed by atoms with E-state index in [1.54, 1.807) is 0 Å². The molecule has 0 saturated heterocycles. The molecular weight excluding hydrogens is 671 g/mol. The van der Waals surface area contributed by atoms with Gasteiger partial charge in [0.05, 0.1) is 18.8 Å². The fourth-order valence-electron chi connectivity index (χ4n) is 7.38. The van der Waals surface area contributed by atoms with Crippen LogP contribution in [0.1, 0.15) is 245 Å². The predicted molar refractivity (Wildman–Crippen MR) is 233 cm³/mol. The second-order valence-corrected chi connectivity index (χ2v) is 16.5. The number of aliphatic hydroxyl groups excluding tert-OH is 4. The van der Waals surface area contributed by atoms with Crippen molar-refractivity contribution in [1.29, 1.82) is 0 Å². The van der Waals surface area contributed by atoms with Gasteiger partial charge in [0.2, 0.25) is 5.91 Å². The van der Waals surface area contributed by atoms with Crippen LogP contribution in [0.3, 0.4) is 0 Å². The normalized spacial score (nSPS) is 14.3. The number of allylic oxidation sites excluding steroid dienone is 4. The van der Waals surface area contributed by atoms with Gasteiger partial charge < -0.3 is 25.7 Å². The zero-order chi connectivity index (χ0) is 39.6. The Morgan fingerprint density at radius 2 is 0.796 bits per heavy atom. The molecule has 0 aromatic rings. The van der Waals surface area contributed by atoms with Crippen LogP contribution >= 0.6 is 0 Å². The van der Waals surface area contributed by atoms with E-state index >= 15 is 0 Å². The predicted octanol–water partition coefficient (Wildman–Crippen LogP) is 12.7. The van der Waals surface area contributed by atoms with E-state index in [0.717, 1.165) is 44.9 Å². The van der Waals surface area contributed by atoms with Crippen LogP contribution in [-0.2, 0) is 4.79 Å². The van der Waals surface area contributed by atoms with E-state index in [1.165, 1.54) is 173 Å². The lowest BCUT2D eigenvalue weighted by Crippen LogP contribution is -2.53. The second-order valence-electron chi connectivity index (χ2n) is 16.5. The van der Waals surface area contributed by atoms with Gasteiger partial charge in [-0.25, -0.2) is 0 Å². The minimum absolute atomic E-state index is 0.369. The van der Waals surface area contributed by atoms with Gasteiger partial charge in [0.1, 0.15) is 12.2 Å². The minimum atomic E-state index is -1.26. The number of unbranched alkanes of at least 4 members (excludes halogenated alkanes) is 30. The van der Waals surface area contributed by atoms with Crippen LogP contribution in [0.15, 0.2) is 24.3 Å². The SMILES string of the molecule is CCCCCCCCCCC/C=C\C/C=C\CCCCCCCCCCCCCCC(O)C(=O)NC(CO)C(O)C(O)CCCCCCCCCCCC. The summed E-state index contributed by atoms with van der Waals surface area (Å²) in [4.78, 5) is 12.5. The first-order valence-electron chi connectivity index (χ1n) is 23.7. The van der Waals surface area contributed by atoms with Gasteiger partial charge in [0, 0.05) is 0 Å². The molecule has 4 atom stereocenters. The average Bonchev–Trinajstić information content (AvgIpc) is 3.18. The van der Waals surface area contributed by atoms with Gasteiger partial charge in [-0.3, -0.25) is 4.79 Å². The first-order chi connectivity index (χ1) is 26.5. The molecule has 6 heteroatoms. The molecule has 0 aromatic heterocycles. The van der Waals surface area contributed by atoms with Crippen molar-refractivity contribution in [2.45, 2.75) is 269 Å². The van der Waals surface area contributed by atoms with Crippen molar-refractivity contribution >= 4 is 5.91 Å². The minimum Gasteiger partial charge on any atom is -0.394 e. The topological polar surface area (TPSA) is 110 Å². The van der Waals surface area contributed by atoms with Crippen LogP contribution < -0.4 is 5.32 Å². The summed E-state index contributed by atoms with van der Waals surface area (Å²) >= 11 is 0. The summed E-state index contributed by atoms with van der Waals surface area (Å²) in [6, 6.07) is -0.982. The molecule has 0 heterocycles. The van der Waals surface area contributed by atoms with Crippen LogP contribution in [-0.4, -0.2) is 57.3 Å². The number of rotatable bonds is 43. The highest BCUT2D eigenvalue weighted by Crippen LogP contribution is 2.16. The van der Waals surface area contributed by atoms with E-state index < -0.39 is 36.9 Å². The first-order valence-corrected chi connectivity index (χ1v) is 23.7. The number of amides is 1. The number of hydrogen-bond acceptors (Lipinski definition) is 5. The molecule has 0 aliphatic heterocycles. The van der Waals surface area contributed by atoms with Crippen molar-refractivity contribution in [3.63, 3.8) is 0 Å². The quantitative estimate of drug-likeness (QED) is 0.0314. The summed E-state index contributed by atoms with van der Waals surface area (Å²) in [5.74, 6) is -0.585. The molecule has 0 fully saturated rings. The van der Waals surface area contributed by atoms with Crippen LogP contribution in [0.2, 0.25) is 0 Å². The lowest BCUT2D eigenvalue weighted by molar-refractivity contribution is -0.132. The van der Waals surface area contributed by atoms with E-state index in [1.807, 2.05) is 0 Å². The van der Waals surface area contributed by atoms with Gasteiger partial charge >= 0.3 is 0 Å². The van der Waals surface area contributed by atoms with Gasteiger partial charge in [-0.1, -0.05) is 224 Å². The molecule has 0 saturated carbocycles. The van der Waals surface area contributed by atoms with Crippen molar-refractivity contribution in [1.82, 2.24) is 5.32 Å². The molecule has 54 heavy (non-hydrogen) atoms. The Morgan fingerprint density at radius 3 is 1.17 bits per heavy atom. The van der Waals surface area contributed by atoms with E-state index in [-0.39, 0.29) is 0 Å². The van der Waals surface area contributed by atoms with Crippen LogP contribution in [0.5, 0.6) is 0 Å². The van der Waals surface area contributed by atoms with Gasteiger partial charge in [-0.15, -0.1) is 0 Å². The van der Waals surface area contributed by atoms with Crippen molar-refractivity contribution in [3.05, 3.63) is 24.3 Å². The average molecular weight is 764 g/mol. The number of carbonyl (C=O) groups is 1. The zero-order valence-electron chi connectivity index (χ0n) is 36.0. The highest BCUT2D eigenvalue weighted by Gasteiger charge is 2.28. The van der Waals surface area contributed by atoms with E-state index in [2.05, 4.69) is 43.5 Å². The molecule has 1 amide bonds. The summed E-state index contributed by atoms with van der Waals surface area (Å²) < 4.78 is 0. The number of aliphatic hydroxyl groups is 4. The van der Waals surface area contributed by atoms with Crippen molar-refractivity contribution in [2.24, 2.45) is 0 Å². The number of carbonyl (C=O) groups excluding carboxylic acids is 1. The fraction of sp³-hybridized carbons (Fsp3) is 0.896. The Balaban J connectivity index is 3.62. The smallest absolute Gasteiger partial charge is 0.249 e. The first kappa shape index (κ1) is 52.8. The molecule has 5 N–H and O–H groups in total. The van der Waals surface area contributed by atoms with Crippen molar-refractivity contribution in [2.75, 3.05) is 6.61 Å². The zero-order valence-corrected chi connectivity index (χ0v) is 36.0. The molecule has 6 nitrogen and oxygen atoms in total. The Morgan fingerprint density at radius 1 is 0.463 bits per heavy atom. The molecule has 0 aliphatic rings. The molecule has 320 valence electrons. The summed E-state index contributed by atoms with van der Waals surface area (Å²) in [6.45, 7) is 4.03. The fourth-order valence-corrected chi connectivity index (χ4v) is 7.38.